The van der Waals surface area contributed by atoms with Crippen LogP contribution in [0.4, 0.5) is 0 Å². The van der Waals surface area contributed by atoms with Gasteiger partial charge in [0.1, 0.15) is 25.4 Å². The standard InChI is InChI=1S/C81H138O16P2/c1-4-7-10-13-16-19-22-25-28-30-32-33-34-35-36-37-38-39-40-41-43-45-47-49-52-55-58-61-64-67-79(84)91-70-76(82)71-93-98(87,88)94-72-77(83)73-95-99(89,90)96-75-78(97-81(86)69-66-63-60-57-54-51-46-27-24-21-18-15-12-9-6-3)74-92-80(85)68-65-62-59-56-53-50-48-44-42-31-29-26-23-20-17-14-11-8-5-2/h7-8,10-11,16-17,19-20,25-29,32-33,35-36,38-39,42,44,46,76-78,82-83H,4-6,9,12-15,18,21-24,30-31,34,37,40-41,43,45,47-75H2,1-3H3,(H,87,88)(H,89,90)/b10-7-,11-8-,19-16-,20-17-,28-25-,29-26-,33-32-,36-35-,39-38-,44-42-,46-27-. The van der Waals surface area contributed by atoms with Gasteiger partial charge in [0, 0.05) is 19.3 Å². The van der Waals surface area contributed by atoms with E-state index in [1.165, 1.54) is 70.6 Å². The molecule has 0 fully saturated rings. The smallest absolute Gasteiger partial charge is 0.463 e. The predicted octanol–water partition coefficient (Wildman–Crippen LogP) is 22.3. The van der Waals surface area contributed by atoms with Crippen molar-refractivity contribution in [1.82, 2.24) is 0 Å². The van der Waals surface area contributed by atoms with Gasteiger partial charge in [-0.2, -0.15) is 0 Å². The summed E-state index contributed by atoms with van der Waals surface area (Å²) in [5, 5.41) is 20.6. The summed E-state index contributed by atoms with van der Waals surface area (Å²) in [4.78, 5) is 58.6. The molecule has 0 spiro atoms. The van der Waals surface area contributed by atoms with Crippen LogP contribution in [-0.4, -0.2) is 95.9 Å². The van der Waals surface area contributed by atoms with Crippen LogP contribution in [0.2, 0.25) is 0 Å². The van der Waals surface area contributed by atoms with E-state index in [-0.39, 0.29) is 19.3 Å². The van der Waals surface area contributed by atoms with E-state index in [9.17, 15) is 43.5 Å². The molecule has 568 valence electrons. The highest BCUT2D eigenvalue weighted by atomic mass is 31.2. The molecule has 18 heteroatoms. The monoisotopic (exact) mass is 1430 g/mol. The highest BCUT2D eigenvalue weighted by Crippen LogP contribution is 2.45. The lowest BCUT2D eigenvalue weighted by molar-refractivity contribution is -0.161. The van der Waals surface area contributed by atoms with Gasteiger partial charge in [-0.15, -0.1) is 0 Å². The van der Waals surface area contributed by atoms with Gasteiger partial charge in [-0.3, -0.25) is 32.5 Å². The number of unbranched alkanes of at least 4 members (excludes halogenated alkanes) is 27. The van der Waals surface area contributed by atoms with Crippen molar-refractivity contribution in [3.05, 3.63) is 134 Å². The molecular formula is C81H138O16P2. The number of rotatable bonds is 72. The minimum absolute atomic E-state index is 0.0895. The zero-order valence-electron chi connectivity index (χ0n) is 61.9. The summed E-state index contributed by atoms with van der Waals surface area (Å²) in [6, 6.07) is 0. The number of phosphoric ester groups is 2. The molecule has 0 saturated carbocycles. The molecule has 0 aliphatic rings. The van der Waals surface area contributed by atoms with Crippen molar-refractivity contribution in [2.75, 3.05) is 39.6 Å². The number of carbonyl (C=O) groups excluding carboxylic acids is 3. The minimum Gasteiger partial charge on any atom is -0.463 e. The first-order valence-corrected chi connectivity index (χ1v) is 41.5. The van der Waals surface area contributed by atoms with Crippen LogP contribution in [-0.2, 0) is 55.8 Å². The van der Waals surface area contributed by atoms with Crippen molar-refractivity contribution in [1.29, 1.82) is 0 Å². The molecule has 0 amide bonds. The number of esters is 3. The van der Waals surface area contributed by atoms with Crippen molar-refractivity contribution in [3.8, 4) is 0 Å². The van der Waals surface area contributed by atoms with Crippen molar-refractivity contribution in [2.24, 2.45) is 0 Å². The minimum atomic E-state index is -4.94. The molecule has 0 aromatic rings. The van der Waals surface area contributed by atoms with Gasteiger partial charge in [0.2, 0.25) is 0 Å². The first kappa shape index (κ1) is 94.7. The van der Waals surface area contributed by atoms with Crippen LogP contribution in [0.3, 0.4) is 0 Å². The molecule has 0 aromatic heterocycles. The van der Waals surface area contributed by atoms with Crippen LogP contribution in [0.5, 0.6) is 0 Å². The number of ether oxygens (including phenoxy) is 3. The lowest BCUT2D eigenvalue weighted by Crippen LogP contribution is -2.30. The Morgan fingerprint density at radius 2 is 0.535 bits per heavy atom. The van der Waals surface area contributed by atoms with Crippen LogP contribution in [0.15, 0.2) is 134 Å². The number of allylic oxidation sites excluding steroid dienone is 22. The number of carbonyl (C=O) groups is 3. The molecule has 99 heavy (non-hydrogen) atoms. The van der Waals surface area contributed by atoms with Gasteiger partial charge in [0.05, 0.1) is 26.4 Å². The Hall–Kier alpha value is -4.31. The van der Waals surface area contributed by atoms with Gasteiger partial charge in [-0.05, 0) is 135 Å². The van der Waals surface area contributed by atoms with Crippen LogP contribution in [0.1, 0.15) is 303 Å². The van der Waals surface area contributed by atoms with Crippen molar-refractivity contribution >= 4 is 33.6 Å². The molecular weight excluding hydrogens is 1290 g/mol. The quantitative estimate of drug-likeness (QED) is 0.0146. The second-order valence-electron chi connectivity index (χ2n) is 25.4. The molecule has 0 radical (unpaired) electrons. The van der Waals surface area contributed by atoms with Gasteiger partial charge in [0.25, 0.3) is 0 Å². The topological polar surface area (TPSA) is 231 Å². The zero-order valence-corrected chi connectivity index (χ0v) is 63.7. The normalized spacial score (nSPS) is 14.8. The number of aliphatic hydroxyl groups excluding tert-OH is 2. The number of aliphatic hydroxyl groups is 2. The van der Waals surface area contributed by atoms with E-state index in [0.29, 0.717) is 19.3 Å². The molecule has 5 unspecified atom stereocenters. The molecule has 0 rings (SSSR count). The fourth-order valence-electron chi connectivity index (χ4n) is 10.0. The highest BCUT2D eigenvalue weighted by Gasteiger charge is 2.29. The van der Waals surface area contributed by atoms with Crippen LogP contribution in [0, 0.1) is 0 Å². The summed E-state index contributed by atoms with van der Waals surface area (Å²) < 4.78 is 61.1. The lowest BCUT2D eigenvalue weighted by atomic mass is 10.1. The van der Waals surface area contributed by atoms with Gasteiger partial charge < -0.3 is 34.2 Å². The van der Waals surface area contributed by atoms with Crippen molar-refractivity contribution in [3.63, 3.8) is 0 Å². The van der Waals surface area contributed by atoms with Gasteiger partial charge in [-0.1, -0.05) is 283 Å². The number of hydrogen-bond acceptors (Lipinski definition) is 14. The molecule has 0 heterocycles. The Labute approximate surface area is 601 Å². The van der Waals surface area contributed by atoms with Crippen molar-refractivity contribution < 1.29 is 75.8 Å². The third-order valence-corrected chi connectivity index (χ3v) is 17.7. The summed E-state index contributed by atoms with van der Waals surface area (Å²) in [6.07, 6.45) is 87.8. The van der Waals surface area contributed by atoms with E-state index in [1.807, 2.05) is 0 Å². The number of phosphoric acid groups is 2. The second kappa shape index (κ2) is 73.4. The third kappa shape index (κ3) is 74.7. The first-order chi connectivity index (χ1) is 48.2. The Bertz CT molecular complexity index is 2330. The Kier molecular flexibility index (Phi) is 70.2. The molecule has 0 aliphatic heterocycles. The fourth-order valence-corrected chi connectivity index (χ4v) is 11.6. The van der Waals surface area contributed by atoms with Crippen LogP contribution >= 0.6 is 15.6 Å². The molecule has 0 bridgehead atoms. The summed E-state index contributed by atoms with van der Waals surface area (Å²) in [6.45, 7) is 2.42. The maximum atomic E-state index is 13.0. The number of hydrogen-bond donors (Lipinski definition) is 4. The average molecular weight is 1430 g/mol. The molecule has 0 aromatic carbocycles. The largest absolute Gasteiger partial charge is 0.472 e. The predicted molar refractivity (Wildman–Crippen MR) is 408 cm³/mol. The van der Waals surface area contributed by atoms with E-state index < -0.39 is 91.5 Å². The van der Waals surface area contributed by atoms with E-state index in [2.05, 4.69) is 154 Å². The maximum absolute atomic E-state index is 13.0. The molecule has 0 aliphatic carbocycles. The van der Waals surface area contributed by atoms with Crippen molar-refractivity contribution in [2.45, 2.75) is 322 Å². The average Bonchev–Trinajstić information content (AvgIpc) is 1.73. The van der Waals surface area contributed by atoms with Gasteiger partial charge >= 0.3 is 33.6 Å². The molecule has 16 nitrogen and oxygen atoms in total. The third-order valence-electron chi connectivity index (χ3n) is 15.8. The zero-order chi connectivity index (χ0) is 72.3. The molecule has 4 N–H and O–H groups in total. The van der Waals surface area contributed by atoms with Crippen LogP contribution < -0.4 is 0 Å². The summed E-state index contributed by atoms with van der Waals surface area (Å²) in [7, 11) is -9.80. The summed E-state index contributed by atoms with van der Waals surface area (Å²) in [5.41, 5.74) is 0. The van der Waals surface area contributed by atoms with Gasteiger partial charge in [-0.25, -0.2) is 9.13 Å². The first-order valence-electron chi connectivity index (χ1n) is 38.5. The van der Waals surface area contributed by atoms with E-state index in [0.717, 1.165) is 173 Å². The lowest BCUT2D eigenvalue weighted by Gasteiger charge is -2.21. The van der Waals surface area contributed by atoms with E-state index in [1.54, 1.807) is 0 Å². The fraction of sp³-hybridized carbons (Fsp3) is 0.691. The molecule has 0 saturated heterocycles. The summed E-state index contributed by atoms with van der Waals surface area (Å²) in [5.74, 6) is -1.60. The second-order valence-corrected chi connectivity index (χ2v) is 28.3. The SMILES string of the molecule is CC/C=C\C/C=C\C/C=C\C/C=C\C/C=C\C/C=C\CCCCCCCCCCCCC(=O)OCC(O)COP(=O)(O)OCC(O)COP(=O)(O)OCC(COC(=O)CCCCCCCC/C=C\C/C=C\C/C=C\C/C=C\CC)OC(=O)CCCCCCC/C=C\CCCCCCCC. The Morgan fingerprint density at radius 3 is 0.859 bits per heavy atom. The Morgan fingerprint density at radius 1 is 0.293 bits per heavy atom. The van der Waals surface area contributed by atoms with E-state index >= 15 is 0 Å². The maximum Gasteiger partial charge on any atom is 0.472 e. The van der Waals surface area contributed by atoms with Gasteiger partial charge in [0.15, 0.2) is 6.10 Å². The summed E-state index contributed by atoms with van der Waals surface area (Å²) >= 11 is 0. The van der Waals surface area contributed by atoms with Crippen LogP contribution in [0.25, 0.3) is 0 Å². The highest BCUT2D eigenvalue weighted by molar-refractivity contribution is 7.47. The molecule has 5 atom stereocenters. The Balaban J connectivity index is 4.55. The van der Waals surface area contributed by atoms with E-state index in [4.69, 9.17) is 32.3 Å².